The lowest BCUT2D eigenvalue weighted by Crippen LogP contribution is -2.28. The van der Waals surface area contributed by atoms with Crippen molar-refractivity contribution in [2.45, 2.75) is 37.7 Å². The van der Waals surface area contributed by atoms with Gasteiger partial charge in [-0.05, 0) is 67.4 Å². The summed E-state index contributed by atoms with van der Waals surface area (Å²) < 4.78 is 28.9. The van der Waals surface area contributed by atoms with Crippen molar-refractivity contribution in [3.05, 3.63) is 76.8 Å². The van der Waals surface area contributed by atoms with Crippen LogP contribution in [0, 0.1) is 0 Å². The van der Waals surface area contributed by atoms with Gasteiger partial charge >= 0.3 is 5.69 Å². The molecule has 278 valence electrons. The number of rotatable bonds is 23. The van der Waals surface area contributed by atoms with Gasteiger partial charge in [0, 0.05) is 64.3 Å². The fourth-order valence-electron chi connectivity index (χ4n) is 4.98. The molecule has 0 radical (unpaired) electrons. The molecule has 17 heteroatoms. The van der Waals surface area contributed by atoms with E-state index in [-0.39, 0.29) is 12.5 Å². The topological polar surface area (TPSA) is 191 Å². The predicted octanol–water partition coefficient (Wildman–Crippen LogP) is 3.56. The Balaban J connectivity index is 0.955. The highest BCUT2D eigenvalue weighted by molar-refractivity contribution is 7.25. The van der Waals surface area contributed by atoms with Gasteiger partial charge in [0.15, 0.2) is 9.03 Å². The number of aliphatic hydroxyl groups is 1. The standard InChI is InChI=1S/C34H48N7O9P/c1-40(2)28-11-9-27(10-12-28)39-38-26-7-5-25(6-8-26)33(43)36-15-4-18-47-20-22-48-21-19-46-17-3-14-35-31-13-16-41(34(44)37-31)32-23-29(50-51-45)30(24-42)49-32/h5-13,16,29-30,32,42,45,51H,3-4,14-15,17-24H2,1-2H3,(H,36,43)(H,35,37,44)/b39-38+/t29-,30-,32-/m1/s1. The number of hydrogen-bond acceptors (Lipinski definition) is 14. The van der Waals surface area contributed by atoms with Crippen molar-refractivity contribution in [2.24, 2.45) is 10.2 Å². The Morgan fingerprint density at radius 1 is 0.941 bits per heavy atom. The van der Waals surface area contributed by atoms with Crippen molar-refractivity contribution in [3.8, 4) is 0 Å². The average molecular weight is 730 g/mol. The zero-order valence-corrected chi connectivity index (χ0v) is 30.0. The number of hydrogen-bond donors (Lipinski definition) is 4. The molecule has 1 unspecified atom stereocenters. The van der Waals surface area contributed by atoms with Gasteiger partial charge in [-0.1, -0.05) is 0 Å². The molecular weight excluding hydrogens is 681 g/mol. The van der Waals surface area contributed by atoms with Crippen LogP contribution in [0.4, 0.5) is 22.9 Å². The van der Waals surface area contributed by atoms with Crippen molar-refractivity contribution < 1.29 is 38.3 Å². The Morgan fingerprint density at radius 3 is 2.14 bits per heavy atom. The second-order valence-electron chi connectivity index (χ2n) is 11.7. The number of aromatic nitrogens is 2. The van der Waals surface area contributed by atoms with Gasteiger partial charge in [0.1, 0.15) is 18.1 Å². The number of carbonyl (C=O) groups is 1. The molecule has 1 amide bonds. The third-order valence-corrected chi connectivity index (χ3v) is 8.16. The largest absolute Gasteiger partial charge is 0.394 e. The summed E-state index contributed by atoms with van der Waals surface area (Å²) in [6.07, 6.45) is 1.56. The number of amides is 1. The van der Waals surface area contributed by atoms with Crippen molar-refractivity contribution in [3.63, 3.8) is 0 Å². The van der Waals surface area contributed by atoms with E-state index in [1.165, 1.54) is 4.57 Å². The molecule has 4 N–H and O–H groups in total. The van der Waals surface area contributed by atoms with E-state index in [2.05, 4.69) is 25.8 Å². The molecular formula is C34H48N7O9P. The molecule has 0 spiro atoms. The first kappa shape index (κ1) is 39.9. The van der Waals surface area contributed by atoms with Gasteiger partial charge in [-0.15, -0.1) is 0 Å². The maximum Gasteiger partial charge on any atom is 0.351 e. The van der Waals surface area contributed by atoms with E-state index in [9.17, 15) is 14.7 Å². The van der Waals surface area contributed by atoms with Gasteiger partial charge in [0.2, 0.25) is 0 Å². The minimum absolute atomic E-state index is 0.156. The molecule has 3 aromatic rings. The molecule has 0 bridgehead atoms. The van der Waals surface area contributed by atoms with Crippen LogP contribution in [0.15, 0.2) is 75.8 Å². The first-order chi connectivity index (χ1) is 24.9. The SMILES string of the molecule is CN(C)c1ccc(/N=N/c2ccc(C(=O)NCCCOCCOCCOCCCNc3ccn([C@H]4C[C@@H](OPO)[C@@H](CO)O4)c(=O)n3)cc2)cc1. The van der Waals surface area contributed by atoms with Gasteiger partial charge in [-0.2, -0.15) is 15.2 Å². The lowest BCUT2D eigenvalue weighted by Gasteiger charge is -2.15. The number of aliphatic hydroxyl groups excluding tert-OH is 1. The average Bonchev–Trinajstić information content (AvgIpc) is 3.55. The maximum atomic E-state index is 12.5. The summed E-state index contributed by atoms with van der Waals surface area (Å²) >= 11 is 0. The van der Waals surface area contributed by atoms with E-state index < -0.39 is 33.2 Å². The number of benzene rings is 2. The van der Waals surface area contributed by atoms with Gasteiger partial charge < -0.3 is 49.0 Å². The fraction of sp³-hybridized carbons (Fsp3) is 0.500. The second kappa shape index (κ2) is 22.2. The van der Waals surface area contributed by atoms with Crippen LogP contribution in [0.2, 0.25) is 0 Å². The zero-order chi connectivity index (χ0) is 36.3. The number of anilines is 2. The van der Waals surface area contributed by atoms with Crippen molar-refractivity contribution >= 4 is 37.8 Å². The van der Waals surface area contributed by atoms with Gasteiger partial charge in [0.25, 0.3) is 5.91 Å². The Kier molecular flexibility index (Phi) is 17.3. The smallest absolute Gasteiger partial charge is 0.351 e. The lowest BCUT2D eigenvalue weighted by atomic mass is 10.2. The zero-order valence-electron chi connectivity index (χ0n) is 29.0. The molecule has 2 aromatic carbocycles. The van der Waals surface area contributed by atoms with E-state index in [4.69, 9.17) is 28.4 Å². The van der Waals surface area contributed by atoms with Crippen molar-refractivity contribution in [2.75, 3.05) is 83.6 Å². The Bertz CT molecular complexity index is 1540. The van der Waals surface area contributed by atoms with Crippen LogP contribution in [-0.4, -0.2) is 111 Å². The maximum absolute atomic E-state index is 12.5. The van der Waals surface area contributed by atoms with E-state index in [0.717, 1.165) is 11.4 Å². The second-order valence-corrected chi connectivity index (χ2v) is 12.1. The summed E-state index contributed by atoms with van der Waals surface area (Å²) in [6, 6.07) is 16.4. The number of nitrogens with zero attached hydrogens (tertiary/aromatic N) is 5. The van der Waals surface area contributed by atoms with Crippen LogP contribution in [-0.2, 0) is 23.5 Å². The van der Waals surface area contributed by atoms with Gasteiger partial charge in [0.05, 0.1) is 50.5 Å². The number of azo groups is 1. The summed E-state index contributed by atoms with van der Waals surface area (Å²) in [5, 5.41) is 23.9. The summed E-state index contributed by atoms with van der Waals surface area (Å²) in [4.78, 5) is 40.0. The van der Waals surface area contributed by atoms with E-state index in [1.54, 1.807) is 36.5 Å². The van der Waals surface area contributed by atoms with Crippen LogP contribution >= 0.6 is 9.03 Å². The molecule has 2 heterocycles. The van der Waals surface area contributed by atoms with Gasteiger partial charge in [-0.3, -0.25) is 9.36 Å². The number of carbonyl (C=O) groups excluding carboxylic acids is 1. The molecule has 16 nitrogen and oxygen atoms in total. The number of nitrogens with one attached hydrogen (secondary N) is 2. The highest BCUT2D eigenvalue weighted by Crippen LogP contribution is 2.32. The van der Waals surface area contributed by atoms with E-state index >= 15 is 0 Å². The minimum Gasteiger partial charge on any atom is -0.394 e. The highest BCUT2D eigenvalue weighted by atomic mass is 31.1. The molecule has 1 aliphatic heterocycles. The van der Waals surface area contributed by atoms with Crippen molar-refractivity contribution in [1.29, 1.82) is 0 Å². The third-order valence-electron chi connectivity index (χ3n) is 7.75. The predicted molar refractivity (Wildman–Crippen MR) is 193 cm³/mol. The first-order valence-corrected chi connectivity index (χ1v) is 17.7. The molecule has 1 aliphatic rings. The van der Waals surface area contributed by atoms with E-state index in [0.29, 0.717) is 89.1 Å². The quantitative estimate of drug-likeness (QED) is 0.0632. The molecule has 4 atom stereocenters. The van der Waals surface area contributed by atoms with Crippen LogP contribution in [0.3, 0.4) is 0 Å². The normalized spacial score (nSPS) is 17.5. The Labute approximate surface area is 299 Å². The molecule has 1 aromatic heterocycles. The summed E-state index contributed by atoms with van der Waals surface area (Å²) in [5.41, 5.74) is 2.57. The molecule has 4 rings (SSSR count). The Morgan fingerprint density at radius 2 is 1.55 bits per heavy atom. The molecule has 0 aliphatic carbocycles. The Hall–Kier alpha value is -3.86. The van der Waals surface area contributed by atoms with Crippen LogP contribution in [0.25, 0.3) is 0 Å². The monoisotopic (exact) mass is 729 g/mol. The summed E-state index contributed by atoms with van der Waals surface area (Å²) in [7, 11) is 3.24. The molecule has 0 saturated carbocycles. The van der Waals surface area contributed by atoms with Crippen LogP contribution in [0.1, 0.15) is 35.8 Å². The first-order valence-electron chi connectivity index (χ1n) is 16.8. The highest BCUT2D eigenvalue weighted by Gasteiger charge is 2.37. The molecule has 1 fully saturated rings. The van der Waals surface area contributed by atoms with Gasteiger partial charge in [-0.25, -0.2) is 4.79 Å². The fourth-order valence-corrected chi connectivity index (χ4v) is 5.36. The van der Waals surface area contributed by atoms with Crippen molar-refractivity contribution in [1.82, 2.24) is 14.9 Å². The lowest BCUT2D eigenvalue weighted by molar-refractivity contribution is -0.0412. The number of ether oxygens (including phenoxy) is 4. The summed E-state index contributed by atoms with van der Waals surface area (Å²) in [6.45, 7) is 3.60. The third kappa shape index (κ3) is 13.7. The van der Waals surface area contributed by atoms with E-state index in [1.807, 2.05) is 43.3 Å². The minimum atomic E-state index is -0.726. The van der Waals surface area contributed by atoms with Crippen LogP contribution < -0.4 is 21.2 Å². The van der Waals surface area contributed by atoms with Crippen LogP contribution in [0.5, 0.6) is 0 Å². The summed E-state index contributed by atoms with van der Waals surface area (Å²) in [5.74, 6) is 0.285. The molecule has 1 saturated heterocycles. The molecule has 51 heavy (non-hydrogen) atoms.